The molecule has 0 amide bonds. The van der Waals surface area contributed by atoms with Gasteiger partial charge < -0.3 is 5.32 Å². The first-order valence-corrected chi connectivity index (χ1v) is 7.08. The molecule has 7 heteroatoms. The minimum atomic E-state index is -4.05. The van der Waals surface area contributed by atoms with Crippen molar-refractivity contribution in [1.82, 2.24) is 20.3 Å². The maximum Gasteiger partial charge on any atom is 0.391 e. The highest BCUT2D eigenvalue weighted by molar-refractivity contribution is 5.05. The van der Waals surface area contributed by atoms with Gasteiger partial charge in [-0.25, -0.2) is 0 Å². The van der Waals surface area contributed by atoms with Crippen LogP contribution in [0, 0.1) is 11.8 Å². The Kier molecular flexibility index (Phi) is 4.67. The summed E-state index contributed by atoms with van der Waals surface area (Å²) >= 11 is 0. The highest BCUT2D eigenvalue weighted by Crippen LogP contribution is 2.42. The number of hydrogen-bond donors (Lipinski definition) is 1. The number of aromatic nitrogens is 3. The maximum absolute atomic E-state index is 12.7. The fraction of sp³-hybridized carbons (Fsp3) is 0.846. The first-order chi connectivity index (χ1) is 9.43. The van der Waals surface area contributed by atoms with E-state index >= 15 is 0 Å². The van der Waals surface area contributed by atoms with Crippen molar-refractivity contribution >= 4 is 0 Å². The number of rotatable bonds is 4. The van der Waals surface area contributed by atoms with E-state index in [1.807, 2.05) is 14.0 Å². The second-order valence-electron chi connectivity index (χ2n) is 5.47. The van der Waals surface area contributed by atoms with Crippen molar-refractivity contribution < 1.29 is 13.2 Å². The van der Waals surface area contributed by atoms with Gasteiger partial charge in [0.05, 0.1) is 23.9 Å². The van der Waals surface area contributed by atoms with E-state index in [2.05, 4.69) is 15.6 Å². The van der Waals surface area contributed by atoms with Crippen molar-refractivity contribution in [2.75, 3.05) is 6.54 Å². The van der Waals surface area contributed by atoms with Gasteiger partial charge in [0.1, 0.15) is 0 Å². The molecule has 0 spiro atoms. The molecule has 1 N–H and O–H groups in total. The molecular weight excluding hydrogens is 269 g/mol. The Morgan fingerprint density at radius 3 is 2.45 bits per heavy atom. The molecule has 4 nitrogen and oxygen atoms in total. The molecule has 0 aliphatic heterocycles. The zero-order valence-electron chi connectivity index (χ0n) is 11.8. The van der Waals surface area contributed by atoms with Gasteiger partial charge in [0, 0.05) is 7.05 Å². The molecule has 1 atom stereocenters. The van der Waals surface area contributed by atoms with E-state index in [1.165, 1.54) is 0 Å². The lowest BCUT2D eigenvalue weighted by Gasteiger charge is -2.34. The lowest BCUT2D eigenvalue weighted by atomic mass is 9.77. The molecule has 2 rings (SSSR count). The highest BCUT2D eigenvalue weighted by atomic mass is 19.4. The summed E-state index contributed by atoms with van der Waals surface area (Å²) in [7, 11) is 1.81. The Hall–Kier alpha value is -1.11. The van der Waals surface area contributed by atoms with Gasteiger partial charge in [0.2, 0.25) is 0 Å². The zero-order valence-corrected chi connectivity index (χ0v) is 11.8. The van der Waals surface area contributed by atoms with E-state index in [4.69, 9.17) is 0 Å². The summed E-state index contributed by atoms with van der Waals surface area (Å²) in [4.78, 5) is 0. The number of halogens is 3. The summed E-state index contributed by atoms with van der Waals surface area (Å²) < 4.78 is 39.8. The van der Waals surface area contributed by atoms with E-state index in [0.29, 0.717) is 12.8 Å². The van der Waals surface area contributed by atoms with Gasteiger partial charge >= 0.3 is 6.18 Å². The summed E-state index contributed by atoms with van der Waals surface area (Å²) in [6.45, 7) is 2.77. The number of hydrogen-bond acceptors (Lipinski definition) is 3. The van der Waals surface area contributed by atoms with Crippen LogP contribution in [-0.4, -0.2) is 27.7 Å². The smallest absolute Gasteiger partial charge is 0.309 e. The maximum atomic E-state index is 12.7. The third kappa shape index (κ3) is 3.31. The van der Waals surface area contributed by atoms with Crippen LogP contribution in [0.4, 0.5) is 13.2 Å². The van der Waals surface area contributed by atoms with Crippen molar-refractivity contribution in [1.29, 1.82) is 0 Å². The Bertz CT molecular complexity index is 421. The van der Waals surface area contributed by atoms with Crippen molar-refractivity contribution in [3.05, 3.63) is 11.9 Å². The predicted octanol–water partition coefficient (Wildman–Crippen LogP) is 2.83. The van der Waals surface area contributed by atoms with Crippen molar-refractivity contribution in [3.63, 3.8) is 0 Å². The van der Waals surface area contributed by atoms with Crippen molar-refractivity contribution in [3.8, 4) is 0 Å². The number of nitrogens with one attached hydrogen (secondary N) is 1. The molecule has 1 aromatic rings. The average Bonchev–Trinajstić information content (AvgIpc) is 2.81. The summed E-state index contributed by atoms with van der Waals surface area (Å²) in [6.07, 6.45) is -0.724. The monoisotopic (exact) mass is 290 g/mol. The first kappa shape index (κ1) is 15.3. The second kappa shape index (κ2) is 6.11. The van der Waals surface area contributed by atoms with Crippen LogP contribution < -0.4 is 5.32 Å². The Morgan fingerprint density at radius 2 is 2.00 bits per heavy atom. The third-order valence-corrected chi connectivity index (χ3v) is 4.20. The van der Waals surface area contributed by atoms with Crippen LogP contribution in [0.3, 0.4) is 0 Å². The van der Waals surface area contributed by atoms with Crippen LogP contribution in [0.2, 0.25) is 0 Å². The van der Waals surface area contributed by atoms with Gasteiger partial charge in [-0.05, 0) is 38.1 Å². The highest BCUT2D eigenvalue weighted by Gasteiger charge is 2.42. The molecule has 1 saturated carbocycles. The third-order valence-electron chi connectivity index (χ3n) is 4.20. The minimum Gasteiger partial charge on any atom is -0.309 e. The van der Waals surface area contributed by atoms with Crippen molar-refractivity contribution in [2.24, 2.45) is 18.9 Å². The SMILES string of the molecule is CCNC(c1cnnn1C)C1CCC(C(F)(F)F)CC1. The molecule has 1 aliphatic rings. The van der Waals surface area contributed by atoms with Crippen LogP contribution in [0.25, 0.3) is 0 Å². The molecule has 1 heterocycles. The van der Waals surface area contributed by atoms with Gasteiger partial charge in [-0.1, -0.05) is 12.1 Å². The van der Waals surface area contributed by atoms with Gasteiger partial charge in [0.25, 0.3) is 0 Å². The summed E-state index contributed by atoms with van der Waals surface area (Å²) in [5.74, 6) is -0.920. The molecule has 1 fully saturated rings. The van der Waals surface area contributed by atoms with E-state index in [-0.39, 0.29) is 24.8 Å². The number of nitrogens with zero attached hydrogens (tertiary/aromatic N) is 3. The van der Waals surface area contributed by atoms with E-state index in [1.54, 1.807) is 10.9 Å². The summed E-state index contributed by atoms with van der Waals surface area (Å²) in [5.41, 5.74) is 0.947. The molecule has 0 bridgehead atoms. The average molecular weight is 290 g/mol. The number of alkyl halides is 3. The van der Waals surface area contributed by atoms with E-state index in [0.717, 1.165) is 12.2 Å². The Labute approximate surface area is 116 Å². The fourth-order valence-corrected chi connectivity index (χ4v) is 3.09. The zero-order chi connectivity index (χ0) is 14.8. The Balaban J connectivity index is 2.04. The molecule has 114 valence electrons. The molecule has 1 aromatic heterocycles. The first-order valence-electron chi connectivity index (χ1n) is 7.08. The molecular formula is C13H21F3N4. The largest absolute Gasteiger partial charge is 0.391 e. The standard InChI is InChI=1S/C13H21F3N4/c1-3-17-12(11-8-18-19-20(11)2)9-4-6-10(7-5-9)13(14,15)16/h8-10,12,17H,3-7H2,1-2H3. The predicted molar refractivity (Wildman–Crippen MR) is 68.9 cm³/mol. The van der Waals surface area contributed by atoms with Gasteiger partial charge in [-0.2, -0.15) is 13.2 Å². The van der Waals surface area contributed by atoms with Crippen molar-refractivity contribution in [2.45, 2.75) is 44.8 Å². The van der Waals surface area contributed by atoms with Gasteiger partial charge in [0.15, 0.2) is 0 Å². The van der Waals surface area contributed by atoms with Crippen LogP contribution in [0.5, 0.6) is 0 Å². The normalized spacial score (nSPS) is 25.6. The molecule has 0 saturated heterocycles. The number of aryl methyl sites for hydroxylation is 1. The minimum absolute atomic E-state index is 0.0363. The van der Waals surface area contributed by atoms with Crippen LogP contribution >= 0.6 is 0 Å². The van der Waals surface area contributed by atoms with Crippen LogP contribution in [0.1, 0.15) is 44.3 Å². The molecule has 20 heavy (non-hydrogen) atoms. The summed E-state index contributed by atoms with van der Waals surface area (Å²) in [6, 6.07) is 0.0363. The van der Waals surface area contributed by atoms with E-state index in [9.17, 15) is 13.2 Å². The van der Waals surface area contributed by atoms with E-state index < -0.39 is 12.1 Å². The van der Waals surface area contributed by atoms with Crippen LogP contribution in [0.15, 0.2) is 6.20 Å². The fourth-order valence-electron chi connectivity index (χ4n) is 3.09. The molecule has 0 aromatic carbocycles. The topological polar surface area (TPSA) is 42.7 Å². The van der Waals surface area contributed by atoms with Gasteiger partial charge in [-0.15, -0.1) is 5.10 Å². The quantitative estimate of drug-likeness (QED) is 0.927. The lowest BCUT2D eigenvalue weighted by Crippen LogP contribution is -2.35. The summed E-state index contributed by atoms with van der Waals surface area (Å²) in [5, 5.41) is 11.1. The second-order valence-corrected chi connectivity index (χ2v) is 5.47. The molecule has 1 unspecified atom stereocenters. The Morgan fingerprint density at radius 1 is 1.35 bits per heavy atom. The molecule has 1 aliphatic carbocycles. The van der Waals surface area contributed by atoms with Crippen LogP contribution in [-0.2, 0) is 7.05 Å². The van der Waals surface area contributed by atoms with Gasteiger partial charge in [-0.3, -0.25) is 4.68 Å². The lowest BCUT2D eigenvalue weighted by molar-refractivity contribution is -0.184. The molecule has 0 radical (unpaired) electrons.